The zero-order valence-corrected chi connectivity index (χ0v) is 8.68. The van der Waals surface area contributed by atoms with Gasteiger partial charge in [0.1, 0.15) is 0 Å². The lowest BCUT2D eigenvalue weighted by Gasteiger charge is -1.96. The van der Waals surface area contributed by atoms with E-state index >= 15 is 0 Å². The van der Waals surface area contributed by atoms with Crippen LogP contribution in [0, 0.1) is 13.8 Å². The highest BCUT2D eigenvalue weighted by Crippen LogP contribution is 2.25. The van der Waals surface area contributed by atoms with Crippen molar-refractivity contribution in [2.45, 2.75) is 13.8 Å². The Morgan fingerprint density at radius 2 is 2.00 bits per heavy atom. The second-order valence-electron chi connectivity index (χ2n) is 3.28. The molecular weight excluding hydrogens is 184 g/mol. The van der Waals surface area contributed by atoms with Crippen molar-refractivity contribution in [1.82, 2.24) is 9.78 Å². The number of aryl methyl sites for hydroxylation is 3. The summed E-state index contributed by atoms with van der Waals surface area (Å²) in [6.45, 7) is 4.06. The van der Waals surface area contributed by atoms with E-state index in [9.17, 15) is 0 Å². The van der Waals surface area contributed by atoms with Crippen LogP contribution in [-0.2, 0) is 7.05 Å². The summed E-state index contributed by atoms with van der Waals surface area (Å²) in [5, 5.41) is 6.37. The van der Waals surface area contributed by atoms with Crippen molar-refractivity contribution in [2.24, 2.45) is 7.05 Å². The molecule has 0 spiro atoms. The van der Waals surface area contributed by atoms with Gasteiger partial charge < -0.3 is 0 Å². The first-order valence-corrected chi connectivity index (χ1v) is 4.57. The van der Waals surface area contributed by atoms with Gasteiger partial charge in [-0.15, -0.1) is 0 Å². The summed E-state index contributed by atoms with van der Waals surface area (Å²) in [4.78, 5) is 0. The largest absolute Gasteiger partial charge is 0.272 e. The van der Waals surface area contributed by atoms with Crippen LogP contribution in [0.1, 0.15) is 11.3 Å². The van der Waals surface area contributed by atoms with E-state index < -0.39 is 0 Å². The molecule has 0 aliphatic rings. The van der Waals surface area contributed by atoms with Crippen LogP contribution in [0.2, 0.25) is 5.02 Å². The van der Waals surface area contributed by atoms with Crippen molar-refractivity contribution in [3.8, 4) is 0 Å². The maximum Gasteiger partial charge on any atom is 0.0969 e. The van der Waals surface area contributed by atoms with E-state index in [1.165, 1.54) is 11.1 Å². The molecule has 0 unspecified atom stereocenters. The molecule has 0 aliphatic heterocycles. The maximum absolute atomic E-state index is 6.00. The lowest BCUT2D eigenvalue weighted by molar-refractivity contribution is 0.750. The first-order chi connectivity index (χ1) is 6.11. The number of nitrogens with zero attached hydrogens (tertiary/aromatic N) is 2. The van der Waals surface area contributed by atoms with Crippen molar-refractivity contribution in [3.05, 3.63) is 28.4 Å². The van der Waals surface area contributed by atoms with Gasteiger partial charge >= 0.3 is 0 Å². The van der Waals surface area contributed by atoms with E-state index in [0.29, 0.717) is 0 Å². The average molecular weight is 195 g/mol. The van der Waals surface area contributed by atoms with Gasteiger partial charge in [-0.05, 0) is 31.5 Å². The normalized spacial score (nSPS) is 11.1. The number of hydrogen-bond donors (Lipinski definition) is 0. The van der Waals surface area contributed by atoms with Crippen LogP contribution in [-0.4, -0.2) is 9.78 Å². The Labute approximate surface area is 82.1 Å². The molecular formula is C10H11ClN2. The predicted octanol–water partition coefficient (Wildman–Crippen LogP) is 2.84. The molecule has 0 amide bonds. The van der Waals surface area contributed by atoms with Gasteiger partial charge in [-0.1, -0.05) is 11.6 Å². The summed E-state index contributed by atoms with van der Waals surface area (Å²) >= 11 is 6.00. The van der Waals surface area contributed by atoms with Gasteiger partial charge in [0.15, 0.2) is 0 Å². The fourth-order valence-electron chi connectivity index (χ4n) is 1.50. The van der Waals surface area contributed by atoms with Crippen molar-refractivity contribution in [3.63, 3.8) is 0 Å². The van der Waals surface area contributed by atoms with Crippen LogP contribution >= 0.6 is 11.6 Å². The highest BCUT2D eigenvalue weighted by Gasteiger charge is 2.08. The molecule has 0 atom stereocenters. The van der Waals surface area contributed by atoms with Gasteiger partial charge in [-0.3, -0.25) is 4.68 Å². The molecule has 0 saturated heterocycles. The minimum atomic E-state index is 0.783. The number of rotatable bonds is 0. The summed E-state index contributed by atoms with van der Waals surface area (Å²) in [5.74, 6) is 0. The molecule has 1 aromatic heterocycles. The molecule has 2 aromatic rings. The van der Waals surface area contributed by atoms with Gasteiger partial charge in [0, 0.05) is 23.2 Å². The molecule has 0 fully saturated rings. The molecule has 0 aliphatic carbocycles. The van der Waals surface area contributed by atoms with Crippen LogP contribution < -0.4 is 0 Å². The molecule has 68 valence electrons. The number of benzene rings is 1. The fraction of sp³-hybridized carbons (Fsp3) is 0.300. The Hall–Kier alpha value is -1.02. The van der Waals surface area contributed by atoms with Crippen molar-refractivity contribution in [1.29, 1.82) is 0 Å². The van der Waals surface area contributed by atoms with E-state index in [4.69, 9.17) is 11.6 Å². The third-order valence-electron chi connectivity index (χ3n) is 2.49. The van der Waals surface area contributed by atoms with Gasteiger partial charge in [-0.2, -0.15) is 5.10 Å². The summed E-state index contributed by atoms with van der Waals surface area (Å²) in [5.41, 5.74) is 3.24. The summed E-state index contributed by atoms with van der Waals surface area (Å²) in [7, 11) is 1.95. The Morgan fingerprint density at radius 3 is 2.69 bits per heavy atom. The van der Waals surface area contributed by atoms with Crippen LogP contribution in [0.25, 0.3) is 10.9 Å². The van der Waals surface area contributed by atoms with E-state index in [0.717, 1.165) is 16.1 Å². The summed E-state index contributed by atoms with van der Waals surface area (Å²) in [6, 6.07) is 3.95. The molecule has 0 bridgehead atoms. The Bertz CT molecular complexity index is 471. The molecule has 1 aromatic carbocycles. The highest BCUT2D eigenvalue weighted by molar-refractivity contribution is 6.32. The molecule has 0 radical (unpaired) electrons. The Balaban J connectivity index is 2.94. The Morgan fingerprint density at radius 1 is 1.31 bits per heavy atom. The predicted molar refractivity (Wildman–Crippen MR) is 55.2 cm³/mol. The first kappa shape index (κ1) is 8.57. The van der Waals surface area contributed by atoms with E-state index in [2.05, 4.69) is 12.0 Å². The molecule has 2 nitrogen and oxygen atoms in total. The van der Waals surface area contributed by atoms with Crippen molar-refractivity contribution >= 4 is 22.5 Å². The van der Waals surface area contributed by atoms with E-state index in [1.54, 1.807) is 0 Å². The minimum Gasteiger partial charge on any atom is -0.272 e. The standard InChI is InChI=1S/C10H11ClN2/c1-6-9(11)5-4-8-7(2)13(3)12-10(6)8/h4-5H,1-3H3. The van der Waals surface area contributed by atoms with Crippen LogP contribution in [0.5, 0.6) is 0 Å². The number of fused-ring (bicyclic) bond motifs is 1. The van der Waals surface area contributed by atoms with Gasteiger partial charge in [0.05, 0.1) is 5.52 Å². The van der Waals surface area contributed by atoms with Crippen LogP contribution in [0.15, 0.2) is 12.1 Å². The maximum atomic E-state index is 6.00. The zero-order valence-electron chi connectivity index (χ0n) is 7.93. The minimum absolute atomic E-state index is 0.783. The third-order valence-corrected chi connectivity index (χ3v) is 2.90. The zero-order chi connectivity index (χ0) is 9.59. The van der Waals surface area contributed by atoms with Crippen LogP contribution in [0.3, 0.4) is 0 Å². The monoisotopic (exact) mass is 194 g/mol. The number of halogens is 1. The van der Waals surface area contributed by atoms with Gasteiger partial charge in [-0.25, -0.2) is 0 Å². The smallest absolute Gasteiger partial charge is 0.0969 e. The van der Waals surface area contributed by atoms with E-state index in [1.807, 2.05) is 30.8 Å². The Kier molecular flexibility index (Phi) is 1.81. The fourth-order valence-corrected chi connectivity index (χ4v) is 1.65. The molecule has 2 rings (SSSR count). The lowest BCUT2D eigenvalue weighted by Crippen LogP contribution is -1.91. The second-order valence-corrected chi connectivity index (χ2v) is 3.68. The number of hydrogen-bond acceptors (Lipinski definition) is 1. The van der Waals surface area contributed by atoms with E-state index in [-0.39, 0.29) is 0 Å². The van der Waals surface area contributed by atoms with Crippen molar-refractivity contribution < 1.29 is 0 Å². The quantitative estimate of drug-likeness (QED) is 0.631. The summed E-state index contributed by atoms with van der Waals surface area (Å²) < 4.78 is 1.88. The first-order valence-electron chi connectivity index (χ1n) is 4.19. The molecule has 13 heavy (non-hydrogen) atoms. The van der Waals surface area contributed by atoms with Gasteiger partial charge in [0.25, 0.3) is 0 Å². The number of aromatic nitrogens is 2. The van der Waals surface area contributed by atoms with Crippen LogP contribution in [0.4, 0.5) is 0 Å². The highest BCUT2D eigenvalue weighted by atomic mass is 35.5. The molecule has 0 N–H and O–H groups in total. The molecule has 3 heteroatoms. The topological polar surface area (TPSA) is 17.8 Å². The SMILES string of the molecule is Cc1c(Cl)ccc2c(C)n(C)nc12. The lowest BCUT2D eigenvalue weighted by atomic mass is 10.1. The summed E-state index contributed by atoms with van der Waals surface area (Å²) in [6.07, 6.45) is 0. The molecule has 1 heterocycles. The van der Waals surface area contributed by atoms with Crippen molar-refractivity contribution in [2.75, 3.05) is 0 Å². The average Bonchev–Trinajstić information content (AvgIpc) is 2.38. The second kappa shape index (κ2) is 2.74. The van der Waals surface area contributed by atoms with Gasteiger partial charge in [0.2, 0.25) is 0 Å². The third kappa shape index (κ3) is 1.13. The molecule has 0 saturated carbocycles.